The lowest BCUT2D eigenvalue weighted by Crippen LogP contribution is -2.46. The van der Waals surface area contributed by atoms with E-state index in [9.17, 15) is 0 Å². The smallest absolute Gasteiger partial charge is 0.102 e. The summed E-state index contributed by atoms with van der Waals surface area (Å²) in [5, 5.41) is 85.8. The standard InChI is InChI=1S/C6H16N2O.4C5H14N2O.3C4H12N2O2.C3H10N2O/c1-5(4-8)6(9)2-3-7;6-3-1-5(8)2-4-7;6-3-1-2-5(7)4-8;6-3-1-2-5(8)4-7;6-4-2-1-3-5(7)8;5-3-8-2-4(6)1-7;5-1-4(7)2-8-3-6;5-3(1-7)4(6)2-8;4-1-3(6)2-5/h5-6,9H,2-4,7-8H2,1H3;4*5,8H,1-4,6-7H2;2*4,7H,1-3,5-6H2;3-4,7-8H,1-2,5-6H2;3,6H,1-2,4-5H2. The van der Waals surface area contributed by atoms with Crippen LogP contribution in [0.25, 0.3) is 0 Å². The van der Waals surface area contributed by atoms with E-state index >= 15 is 0 Å². The first-order valence-electron chi connectivity index (χ1n) is 24.1. The van der Waals surface area contributed by atoms with Crippen molar-refractivity contribution in [2.24, 2.45) is 109 Å². The first-order chi connectivity index (χ1) is 33.6. The Kier molecular flexibility index (Phi) is 101. The quantitative estimate of drug-likeness (QED) is 0.0214. The molecule has 444 valence electrons. The molecular formula is C41H118N18O12. The molecule has 9 atom stereocenters. The van der Waals surface area contributed by atoms with Crippen molar-refractivity contribution in [2.75, 3.05) is 125 Å². The van der Waals surface area contributed by atoms with Crippen molar-refractivity contribution in [1.82, 2.24) is 0 Å². The van der Waals surface area contributed by atoms with E-state index < -0.39 is 30.5 Å². The Hall–Kier alpha value is -1.20. The van der Waals surface area contributed by atoms with Gasteiger partial charge >= 0.3 is 0 Å². The van der Waals surface area contributed by atoms with E-state index in [4.69, 9.17) is 154 Å². The predicted molar refractivity (Wildman–Crippen MR) is 285 cm³/mol. The highest BCUT2D eigenvalue weighted by atomic mass is 16.5. The van der Waals surface area contributed by atoms with E-state index in [2.05, 4.69) is 9.47 Å². The molecule has 0 aliphatic heterocycles. The fraction of sp³-hybridized carbons (Fsp3) is 1.00. The average Bonchev–Trinajstić information content (AvgIpc) is 3.38. The largest absolute Gasteiger partial charge is 0.395 e. The molecule has 0 aliphatic carbocycles. The summed E-state index contributed by atoms with van der Waals surface area (Å²) in [5.74, 6) is 0.175. The van der Waals surface area contributed by atoms with Gasteiger partial charge in [-0.15, -0.1) is 0 Å². The molecule has 0 aromatic rings. The van der Waals surface area contributed by atoms with Gasteiger partial charge in [-0.05, 0) is 116 Å². The highest BCUT2D eigenvalue weighted by Gasteiger charge is 2.10. The Morgan fingerprint density at radius 3 is 1.04 bits per heavy atom. The maximum atomic E-state index is 9.16. The molecular weight excluding hydrogens is 937 g/mol. The Morgan fingerprint density at radius 2 is 0.746 bits per heavy atom. The van der Waals surface area contributed by atoms with Crippen LogP contribution < -0.4 is 103 Å². The molecule has 9 unspecified atom stereocenters. The molecule has 0 bridgehead atoms. The molecule has 0 saturated heterocycles. The minimum Gasteiger partial charge on any atom is -0.395 e. The number of hydrogen-bond acceptors (Lipinski definition) is 30. The minimum absolute atomic E-state index is 0.0556. The molecule has 30 nitrogen and oxygen atoms in total. The maximum absolute atomic E-state index is 9.16. The lowest BCUT2D eigenvalue weighted by molar-refractivity contribution is 0.0443. The van der Waals surface area contributed by atoms with Crippen molar-refractivity contribution in [2.45, 2.75) is 132 Å². The lowest BCUT2D eigenvalue weighted by atomic mass is 10.0. The second-order valence-electron chi connectivity index (χ2n) is 15.4. The molecule has 0 aliphatic rings. The zero-order chi connectivity index (χ0) is 57.3. The molecule has 0 fully saturated rings. The number of rotatable bonds is 33. The molecule has 46 N–H and O–H groups in total. The molecule has 0 aromatic carbocycles. The predicted octanol–water partition coefficient (Wildman–Crippen LogP) is -11.8. The van der Waals surface area contributed by atoms with Crippen molar-refractivity contribution in [1.29, 1.82) is 0 Å². The van der Waals surface area contributed by atoms with E-state index in [-0.39, 0.29) is 102 Å². The Labute approximate surface area is 426 Å². The Morgan fingerprint density at radius 1 is 0.352 bits per heavy atom. The van der Waals surface area contributed by atoms with Crippen LogP contribution in [0, 0.1) is 5.92 Å². The Balaban J connectivity index is -0.0000000871. The number of unbranched alkanes of at least 4 members (excludes halogenated alkanes) is 1. The molecule has 71 heavy (non-hydrogen) atoms. The van der Waals surface area contributed by atoms with Gasteiger partial charge in [-0.3, -0.25) is 0 Å². The number of aliphatic hydroxyl groups excluding tert-OH is 10. The summed E-state index contributed by atoms with van der Waals surface area (Å²) in [5.41, 5.74) is 92.4. The highest BCUT2D eigenvalue weighted by Crippen LogP contribution is 2.02. The monoisotopic (exact) mass is 1050 g/mol. The number of ether oxygens (including phenoxy) is 2. The van der Waals surface area contributed by atoms with Crippen molar-refractivity contribution < 1.29 is 60.5 Å². The van der Waals surface area contributed by atoms with Crippen molar-refractivity contribution in [3.63, 3.8) is 0 Å². The van der Waals surface area contributed by atoms with Crippen molar-refractivity contribution in [3.8, 4) is 0 Å². The zero-order valence-electron chi connectivity index (χ0n) is 43.5. The molecule has 0 amide bonds. The number of hydrogen-bond donors (Lipinski definition) is 28. The number of aliphatic hydroxyl groups is 10. The average molecular weight is 1060 g/mol. The minimum atomic E-state index is -0.651. The van der Waals surface area contributed by atoms with Crippen molar-refractivity contribution in [3.05, 3.63) is 0 Å². The summed E-state index contributed by atoms with van der Waals surface area (Å²) in [6, 6.07) is -1.36. The van der Waals surface area contributed by atoms with Gasteiger partial charge in [-0.1, -0.05) is 6.92 Å². The summed E-state index contributed by atoms with van der Waals surface area (Å²) in [7, 11) is 0. The highest BCUT2D eigenvalue weighted by molar-refractivity contribution is 4.73. The van der Waals surface area contributed by atoms with E-state index in [1.165, 1.54) is 0 Å². The Bertz CT molecular complexity index is 791. The summed E-state index contributed by atoms with van der Waals surface area (Å²) in [6.45, 7) is 7.65. The maximum Gasteiger partial charge on any atom is 0.102 e. The molecule has 0 heterocycles. The SMILES string of the molecule is CC(CN)C(O)CCN.NC(CO)C(N)CO.NCC(O)CN.NCCC(O)CCN.NCCCC(N)CO.NCCCC(O)CN.NCCCCC(N)O.NCOCC(N)CO.NCOCC(O)CN. The van der Waals surface area contributed by atoms with Gasteiger partial charge in [-0.2, -0.15) is 0 Å². The van der Waals surface area contributed by atoms with Gasteiger partial charge in [0.15, 0.2) is 0 Å². The van der Waals surface area contributed by atoms with Crippen LogP contribution in [0.15, 0.2) is 0 Å². The third-order valence-electron chi connectivity index (χ3n) is 8.37. The first kappa shape index (κ1) is 89.4. The van der Waals surface area contributed by atoms with Gasteiger partial charge in [-0.25, -0.2) is 0 Å². The summed E-state index contributed by atoms with van der Waals surface area (Å²) < 4.78 is 9.31. The van der Waals surface area contributed by atoms with E-state index in [0.717, 1.165) is 38.5 Å². The van der Waals surface area contributed by atoms with Crippen LogP contribution in [0.2, 0.25) is 0 Å². The second-order valence-corrected chi connectivity index (χ2v) is 15.4. The third kappa shape index (κ3) is 102. The fourth-order valence-corrected chi connectivity index (χ4v) is 3.49. The summed E-state index contributed by atoms with van der Waals surface area (Å²) in [6.07, 6.45) is 5.15. The zero-order valence-corrected chi connectivity index (χ0v) is 43.5. The summed E-state index contributed by atoms with van der Waals surface area (Å²) in [4.78, 5) is 0. The van der Waals surface area contributed by atoms with Gasteiger partial charge in [0, 0.05) is 44.3 Å². The van der Waals surface area contributed by atoms with Gasteiger partial charge in [0.25, 0.3) is 0 Å². The molecule has 0 radical (unpaired) electrons. The fourth-order valence-electron chi connectivity index (χ4n) is 3.49. The number of nitrogens with two attached hydrogens (primary N) is 18. The van der Waals surface area contributed by atoms with Crippen LogP contribution in [-0.2, 0) is 9.47 Å². The van der Waals surface area contributed by atoms with Crippen LogP contribution in [0.1, 0.15) is 71.1 Å². The van der Waals surface area contributed by atoms with Gasteiger partial charge in [0.05, 0.1) is 89.7 Å². The van der Waals surface area contributed by atoms with E-state index in [1.54, 1.807) is 0 Å². The third-order valence-corrected chi connectivity index (χ3v) is 8.37. The van der Waals surface area contributed by atoms with Crippen LogP contribution in [0.5, 0.6) is 0 Å². The molecule has 0 saturated carbocycles. The summed E-state index contributed by atoms with van der Waals surface area (Å²) >= 11 is 0. The van der Waals surface area contributed by atoms with Crippen LogP contribution in [-0.4, -0.2) is 237 Å². The van der Waals surface area contributed by atoms with Crippen LogP contribution in [0.4, 0.5) is 0 Å². The topological polar surface area (TPSA) is 689 Å². The van der Waals surface area contributed by atoms with Crippen LogP contribution in [0.3, 0.4) is 0 Å². The van der Waals surface area contributed by atoms with Crippen LogP contribution >= 0.6 is 0 Å². The van der Waals surface area contributed by atoms with E-state index in [1.807, 2.05) is 6.92 Å². The normalized spacial score (nSPS) is 14.1. The first-order valence-corrected chi connectivity index (χ1v) is 24.1. The molecule has 0 rings (SSSR count). The van der Waals surface area contributed by atoms with Gasteiger partial charge < -0.3 is 164 Å². The molecule has 0 aromatic heterocycles. The van der Waals surface area contributed by atoms with E-state index in [0.29, 0.717) is 84.6 Å². The van der Waals surface area contributed by atoms with Gasteiger partial charge in [0.1, 0.15) is 6.23 Å². The molecule has 30 heteroatoms. The molecule has 0 spiro atoms. The van der Waals surface area contributed by atoms with Crippen molar-refractivity contribution >= 4 is 0 Å². The lowest BCUT2D eigenvalue weighted by Gasteiger charge is -2.14. The van der Waals surface area contributed by atoms with Gasteiger partial charge in [0.2, 0.25) is 0 Å². The second kappa shape index (κ2) is 80.2.